The number of aliphatic carboxylic acids is 8. The lowest BCUT2D eigenvalue weighted by Gasteiger charge is -2.37. The van der Waals surface area contributed by atoms with E-state index >= 15 is 0 Å². The van der Waals surface area contributed by atoms with Crippen molar-refractivity contribution in [2.75, 3.05) is 90.4 Å². The molecule has 0 radical (unpaired) electrons. The maximum Gasteiger partial charge on any atom is 0.326 e. The number of anilines is 1. The summed E-state index contributed by atoms with van der Waals surface area (Å²) >= 11 is 5.46. The monoisotopic (exact) mass is 1150 g/mol. The van der Waals surface area contributed by atoms with E-state index in [1.807, 2.05) is 0 Å². The molecule has 1 aliphatic rings. The minimum atomic E-state index is -1.53. The Hall–Kier alpha value is -7.28. The molecule has 29 nitrogen and oxygen atoms in total. The van der Waals surface area contributed by atoms with Crippen LogP contribution in [0.5, 0.6) is 0 Å². The second-order valence-corrected chi connectivity index (χ2v) is 19.7. The molecule has 0 bridgehead atoms. The number of rotatable bonds is 37. The number of urea groups is 1. The summed E-state index contributed by atoms with van der Waals surface area (Å²) in [5.41, 5.74) is 1.40. The summed E-state index contributed by atoms with van der Waals surface area (Å²) < 4.78 is 0. The van der Waals surface area contributed by atoms with E-state index in [1.165, 1.54) is 0 Å². The SMILES string of the molecule is O=C(O)CC[C@H](NC(=O)N[C@@H](CCCCNC(=O)CCCCCCC(=O)N[C@@H](CCCCNC(=S)Nc1ccc(CC2CN(CC(=O)O)CCN(CC(=O)O)CCN(CC(=O)O)CCN2CC(=O)O)cc1)C(=O)O)C(=O)O)C(=O)O. The lowest BCUT2D eigenvalue weighted by molar-refractivity contribution is -0.142. The predicted octanol–water partition coefficient (Wildman–Crippen LogP) is -0.119. The molecule has 30 heteroatoms. The fraction of sp³-hybridized carbons (Fsp3) is 0.640. The first kappa shape index (κ1) is 68.8. The third-order valence-electron chi connectivity index (χ3n) is 12.7. The van der Waals surface area contributed by atoms with Gasteiger partial charge >= 0.3 is 53.8 Å². The van der Waals surface area contributed by atoms with Crippen LogP contribution in [0, 0.1) is 0 Å². The van der Waals surface area contributed by atoms with Crippen LogP contribution in [-0.2, 0) is 54.4 Å². The Morgan fingerprint density at radius 1 is 0.475 bits per heavy atom. The molecular weight excluding hydrogens is 1080 g/mol. The molecule has 1 heterocycles. The molecule has 0 saturated carbocycles. The van der Waals surface area contributed by atoms with Gasteiger partial charge in [-0.15, -0.1) is 0 Å². The molecule has 0 aliphatic carbocycles. The van der Waals surface area contributed by atoms with Crippen LogP contribution in [0.3, 0.4) is 0 Å². The molecule has 1 fully saturated rings. The molecule has 80 heavy (non-hydrogen) atoms. The number of carboxylic acids is 8. The number of nitrogens with one attached hydrogen (secondary N) is 6. The minimum Gasteiger partial charge on any atom is -0.481 e. The molecule has 0 spiro atoms. The molecule has 1 aromatic rings. The standard InChI is InChI=1S/C50H78N10O19S/c61-39(51-19-7-5-10-37(47(75)76)55-49(79)56-38(48(77)78)17-18-41(63)64)11-3-1-2-4-12-40(62)54-36(46(73)74)9-6-8-20-52-50(80)53-34-15-13-33(14-16-34)27-35-28-59(31-44(69)70)24-23-57(29-42(65)66)21-22-58(30-43(67)68)25-26-60(35)32-45(71)72/h13-16,35-38H,1-12,17-32H2,(H,51,61)(H,54,62)(H,63,64)(H,65,66)(H,67,68)(H,69,70)(H,71,72)(H,73,74)(H,75,76)(H,77,78)(H2,52,53,80)(H2,55,56,79)/t35?,36-,37-,38-/m0/s1. The zero-order valence-electron chi connectivity index (χ0n) is 44.7. The van der Waals surface area contributed by atoms with Gasteiger partial charge < -0.3 is 72.8 Å². The third kappa shape index (κ3) is 32.0. The van der Waals surface area contributed by atoms with Gasteiger partial charge in [-0.25, -0.2) is 19.2 Å². The van der Waals surface area contributed by atoms with Gasteiger partial charge in [0.1, 0.15) is 18.1 Å². The lowest BCUT2D eigenvalue weighted by atomic mass is 10.0. The summed E-state index contributed by atoms with van der Waals surface area (Å²) in [5, 5.41) is 91.7. The van der Waals surface area contributed by atoms with Crippen molar-refractivity contribution < 1.29 is 93.6 Å². The maximum absolute atomic E-state index is 12.6. The van der Waals surface area contributed by atoms with Gasteiger partial charge in [0.05, 0.1) is 26.2 Å². The van der Waals surface area contributed by atoms with Crippen molar-refractivity contribution in [2.24, 2.45) is 0 Å². The van der Waals surface area contributed by atoms with Crippen LogP contribution >= 0.6 is 12.2 Å². The minimum absolute atomic E-state index is 0.0166. The highest BCUT2D eigenvalue weighted by molar-refractivity contribution is 7.80. The molecule has 4 atom stereocenters. The van der Waals surface area contributed by atoms with Crippen LogP contribution in [0.25, 0.3) is 0 Å². The Morgan fingerprint density at radius 3 is 1.43 bits per heavy atom. The van der Waals surface area contributed by atoms with Gasteiger partial charge in [0.2, 0.25) is 11.8 Å². The van der Waals surface area contributed by atoms with Crippen LogP contribution < -0.4 is 31.9 Å². The van der Waals surface area contributed by atoms with Gasteiger partial charge in [-0.2, -0.15) is 0 Å². The molecule has 1 saturated heterocycles. The molecule has 2 rings (SSSR count). The highest BCUT2D eigenvalue weighted by atomic mass is 32.1. The first-order valence-corrected chi connectivity index (χ1v) is 26.8. The fourth-order valence-corrected chi connectivity index (χ4v) is 8.80. The molecule has 14 N–H and O–H groups in total. The van der Waals surface area contributed by atoms with Crippen LogP contribution in [0.2, 0.25) is 0 Å². The average Bonchev–Trinajstić information content (AvgIpc) is 3.36. The second-order valence-electron chi connectivity index (χ2n) is 19.3. The summed E-state index contributed by atoms with van der Waals surface area (Å²) in [4.78, 5) is 136. The van der Waals surface area contributed by atoms with E-state index in [1.54, 1.807) is 43.9 Å². The van der Waals surface area contributed by atoms with Crippen LogP contribution in [0.1, 0.15) is 95.5 Å². The molecule has 448 valence electrons. The van der Waals surface area contributed by atoms with Crippen molar-refractivity contribution in [3.63, 3.8) is 0 Å². The average molecular weight is 1160 g/mol. The topological polar surface area (TPSA) is 435 Å². The summed E-state index contributed by atoms with van der Waals surface area (Å²) in [6.07, 6.45) is 3.74. The van der Waals surface area contributed by atoms with Crippen molar-refractivity contribution in [3.8, 4) is 0 Å². The molecule has 1 unspecified atom stereocenters. The Balaban J connectivity index is 1.76. The third-order valence-corrected chi connectivity index (χ3v) is 13.0. The van der Waals surface area contributed by atoms with E-state index in [2.05, 4.69) is 31.9 Å². The van der Waals surface area contributed by atoms with Gasteiger partial charge in [-0.3, -0.25) is 53.2 Å². The Bertz CT molecular complexity index is 2230. The van der Waals surface area contributed by atoms with E-state index in [0.29, 0.717) is 63.6 Å². The molecule has 4 amide bonds. The summed E-state index contributed by atoms with van der Waals surface area (Å²) in [5.74, 6) is -10.3. The molecular formula is C50H78N10O19S. The van der Waals surface area contributed by atoms with Crippen LogP contribution in [0.4, 0.5) is 10.5 Å². The number of hydrogen-bond donors (Lipinski definition) is 14. The zero-order valence-corrected chi connectivity index (χ0v) is 45.5. The number of benzene rings is 1. The lowest BCUT2D eigenvalue weighted by Crippen LogP contribution is -2.53. The number of hydrogen-bond acceptors (Lipinski definition) is 16. The van der Waals surface area contributed by atoms with Gasteiger partial charge in [-0.05, 0) is 94.1 Å². The van der Waals surface area contributed by atoms with Crippen molar-refractivity contribution in [1.82, 2.24) is 46.2 Å². The largest absolute Gasteiger partial charge is 0.481 e. The number of carboxylic acid groups (broad SMARTS) is 8. The first-order valence-electron chi connectivity index (χ1n) is 26.4. The number of unbranched alkanes of at least 4 members (excludes halogenated alkanes) is 5. The summed E-state index contributed by atoms with van der Waals surface area (Å²) in [7, 11) is 0. The van der Waals surface area contributed by atoms with Gasteiger partial charge in [0.25, 0.3) is 0 Å². The maximum atomic E-state index is 12.6. The quantitative estimate of drug-likeness (QED) is 0.0305. The van der Waals surface area contributed by atoms with Crippen molar-refractivity contribution >= 4 is 88.6 Å². The van der Waals surface area contributed by atoms with Crippen molar-refractivity contribution in [2.45, 2.75) is 120 Å². The van der Waals surface area contributed by atoms with E-state index in [4.69, 9.17) is 17.3 Å². The molecule has 1 aliphatic heterocycles. The number of thiocarbonyl (C=S) groups is 1. The van der Waals surface area contributed by atoms with E-state index in [-0.39, 0.29) is 115 Å². The van der Waals surface area contributed by atoms with E-state index in [9.17, 15) is 88.5 Å². The van der Waals surface area contributed by atoms with Gasteiger partial charge in [-0.1, -0.05) is 25.0 Å². The second kappa shape index (κ2) is 38.3. The van der Waals surface area contributed by atoms with Crippen LogP contribution in [-0.4, -0.2) is 240 Å². The number of carbonyl (C=O) groups is 11. The normalized spacial score (nSPS) is 16.0. The van der Waals surface area contributed by atoms with Crippen molar-refractivity contribution in [3.05, 3.63) is 29.8 Å². The predicted molar refractivity (Wildman–Crippen MR) is 289 cm³/mol. The number of nitrogens with zero attached hydrogens (tertiary/aromatic N) is 4. The first-order chi connectivity index (χ1) is 37.9. The van der Waals surface area contributed by atoms with Crippen LogP contribution in [0.15, 0.2) is 24.3 Å². The molecule has 1 aromatic carbocycles. The van der Waals surface area contributed by atoms with E-state index < -0.39 is 103 Å². The Morgan fingerprint density at radius 2 is 0.925 bits per heavy atom. The van der Waals surface area contributed by atoms with Crippen molar-refractivity contribution in [1.29, 1.82) is 0 Å². The van der Waals surface area contributed by atoms with E-state index in [0.717, 1.165) is 5.56 Å². The summed E-state index contributed by atoms with van der Waals surface area (Å²) in [6, 6.07) is 1.54. The number of amides is 4. The number of carbonyl (C=O) groups excluding carboxylic acids is 3. The smallest absolute Gasteiger partial charge is 0.326 e. The summed E-state index contributed by atoms with van der Waals surface area (Å²) in [6.45, 7) is 0.308. The fourth-order valence-electron chi connectivity index (χ4n) is 8.58. The van der Waals surface area contributed by atoms with Gasteiger partial charge in [0.15, 0.2) is 5.11 Å². The van der Waals surface area contributed by atoms with Gasteiger partial charge in [0, 0.05) is 89.9 Å². The highest BCUT2D eigenvalue weighted by Crippen LogP contribution is 2.17. The zero-order chi connectivity index (χ0) is 59.6. The Labute approximate surface area is 467 Å². The molecule has 0 aromatic heterocycles. The Kier molecular flexibility index (Phi) is 33.0. The highest BCUT2D eigenvalue weighted by Gasteiger charge is 2.29.